The van der Waals surface area contributed by atoms with Gasteiger partial charge in [0, 0.05) is 35.7 Å². The fourth-order valence-corrected chi connectivity index (χ4v) is 5.81. The smallest absolute Gasteiger partial charge is 0.345 e. The van der Waals surface area contributed by atoms with E-state index in [0.29, 0.717) is 23.6 Å². The number of amides is 1. The number of pyridine rings is 1. The summed E-state index contributed by atoms with van der Waals surface area (Å²) >= 11 is 0. The first-order valence-corrected chi connectivity index (χ1v) is 13.6. The molecule has 3 N–H and O–H groups in total. The van der Waals surface area contributed by atoms with Crippen molar-refractivity contribution in [1.29, 1.82) is 0 Å². The molecule has 0 bridgehead atoms. The second kappa shape index (κ2) is 10.5. The van der Waals surface area contributed by atoms with Crippen molar-refractivity contribution in [3.63, 3.8) is 0 Å². The summed E-state index contributed by atoms with van der Waals surface area (Å²) < 4.78 is 54.3. The summed E-state index contributed by atoms with van der Waals surface area (Å²) in [6.45, 7) is 3.90. The number of allylic oxidation sites excluding steroid dienone is 1. The molecule has 1 amide bonds. The first-order valence-electron chi connectivity index (χ1n) is 13.6. The molecule has 3 aromatic rings. The molecular weight excluding hydrogens is 536 g/mol. The first kappa shape index (κ1) is 27.2. The maximum absolute atomic E-state index is 14.6. The minimum absolute atomic E-state index is 0.282. The van der Waals surface area contributed by atoms with E-state index < -0.39 is 29.1 Å². The molecule has 11 heteroatoms. The van der Waals surface area contributed by atoms with Crippen LogP contribution in [0.25, 0.3) is 10.8 Å². The van der Waals surface area contributed by atoms with Crippen LogP contribution in [0.4, 0.5) is 23.2 Å². The number of rotatable bonds is 5. The maximum Gasteiger partial charge on any atom is 0.419 e. The molecule has 3 aliphatic rings. The van der Waals surface area contributed by atoms with E-state index in [4.69, 9.17) is 0 Å². The molecule has 0 aliphatic carbocycles. The van der Waals surface area contributed by atoms with Crippen molar-refractivity contribution < 1.29 is 22.4 Å². The highest BCUT2D eigenvalue weighted by Gasteiger charge is 2.48. The summed E-state index contributed by atoms with van der Waals surface area (Å²) in [5.74, 6) is -1.05. The van der Waals surface area contributed by atoms with Crippen molar-refractivity contribution in [3.8, 4) is 0 Å². The van der Waals surface area contributed by atoms with Gasteiger partial charge >= 0.3 is 6.18 Å². The maximum atomic E-state index is 14.6. The number of nitrogens with zero attached hydrogens (tertiary/aromatic N) is 3. The number of benzene rings is 2. The predicted molar refractivity (Wildman–Crippen MR) is 147 cm³/mol. The Balaban J connectivity index is 1.34. The molecule has 2 atom stereocenters. The van der Waals surface area contributed by atoms with Crippen LogP contribution in [0.15, 0.2) is 78.5 Å². The van der Waals surface area contributed by atoms with Crippen LogP contribution in [0.1, 0.15) is 43.4 Å². The molecule has 4 heterocycles. The molecule has 0 spiro atoms. The standard InChI is InChI=1S/C30H30F4N6O/c1-19-13-26(21-6-8-24(25(31)15-21)30(32,33)34)40-27(36-19)16-29(38-40,18-39-11-3-2-4-12-39)28(41)37-23-7-5-22-17-35-10-9-20(22)14-23/h5-10,13-17,26,36,38H,2-4,11-12,18H2,1H3,(H,37,41). The molecule has 2 unspecified atom stereocenters. The number of hydrazine groups is 1. The van der Waals surface area contributed by atoms with Gasteiger partial charge in [-0.15, -0.1) is 0 Å². The molecule has 1 aromatic heterocycles. The van der Waals surface area contributed by atoms with E-state index in [1.807, 2.05) is 37.3 Å². The lowest BCUT2D eigenvalue weighted by atomic mass is 9.96. The number of nitrogens with one attached hydrogen (secondary N) is 3. The van der Waals surface area contributed by atoms with E-state index in [1.165, 1.54) is 6.07 Å². The van der Waals surface area contributed by atoms with Crippen LogP contribution in [0.5, 0.6) is 0 Å². The Kier molecular flexibility index (Phi) is 6.95. The zero-order valence-corrected chi connectivity index (χ0v) is 22.4. The topological polar surface area (TPSA) is 72.5 Å². The normalized spacial score (nSPS) is 23.0. The third-order valence-corrected chi connectivity index (χ3v) is 7.84. The van der Waals surface area contributed by atoms with Crippen LogP contribution in [0, 0.1) is 5.82 Å². The molecule has 1 fully saturated rings. The summed E-state index contributed by atoms with van der Waals surface area (Å²) in [5.41, 5.74) is 2.54. The summed E-state index contributed by atoms with van der Waals surface area (Å²) in [6.07, 6.45) is 5.47. The average molecular weight is 567 g/mol. The SMILES string of the molecule is CC1=CC(c2ccc(C(F)(F)F)c(F)c2)N2NC(CN3CCCCC3)(C(=O)Nc3ccc4cnccc4c3)C=C2N1. The van der Waals surface area contributed by atoms with E-state index in [1.54, 1.807) is 23.5 Å². The molecule has 7 nitrogen and oxygen atoms in total. The fraction of sp³-hybridized carbons (Fsp3) is 0.333. The monoisotopic (exact) mass is 566 g/mol. The number of carbonyl (C=O) groups is 1. The van der Waals surface area contributed by atoms with Gasteiger partial charge in [0.15, 0.2) is 5.54 Å². The number of hydrogen-bond donors (Lipinski definition) is 3. The number of aromatic nitrogens is 1. The van der Waals surface area contributed by atoms with E-state index >= 15 is 0 Å². The third kappa shape index (κ3) is 5.39. The average Bonchev–Trinajstić information content (AvgIpc) is 3.31. The van der Waals surface area contributed by atoms with E-state index in [0.717, 1.165) is 61.0 Å². The zero-order valence-electron chi connectivity index (χ0n) is 22.4. The van der Waals surface area contributed by atoms with Crippen LogP contribution < -0.4 is 16.1 Å². The van der Waals surface area contributed by atoms with Gasteiger partial charge in [0.25, 0.3) is 5.91 Å². The van der Waals surface area contributed by atoms with Crippen molar-refractivity contribution in [2.45, 2.75) is 43.9 Å². The molecular formula is C30H30F4N6O. The molecule has 1 saturated heterocycles. The van der Waals surface area contributed by atoms with Crippen LogP contribution in [0.3, 0.4) is 0 Å². The highest BCUT2D eigenvalue weighted by Crippen LogP contribution is 2.38. The third-order valence-electron chi connectivity index (χ3n) is 7.84. The Bertz CT molecular complexity index is 1550. The van der Waals surface area contributed by atoms with Gasteiger partial charge in [-0.25, -0.2) is 9.82 Å². The quantitative estimate of drug-likeness (QED) is 0.356. The molecule has 214 valence electrons. The Morgan fingerprint density at radius 3 is 2.66 bits per heavy atom. The first-order chi connectivity index (χ1) is 19.6. The van der Waals surface area contributed by atoms with Crippen LogP contribution >= 0.6 is 0 Å². The lowest BCUT2D eigenvalue weighted by Crippen LogP contribution is -2.61. The lowest BCUT2D eigenvalue weighted by Gasteiger charge is -2.39. The van der Waals surface area contributed by atoms with E-state index in [-0.39, 0.29) is 5.91 Å². The van der Waals surface area contributed by atoms with Crippen molar-refractivity contribution in [1.82, 2.24) is 25.6 Å². The van der Waals surface area contributed by atoms with Gasteiger partial charge in [-0.1, -0.05) is 18.6 Å². The number of likely N-dealkylation sites (tertiary alicyclic amines) is 1. The summed E-state index contributed by atoms with van der Waals surface area (Å²) in [5, 5.41) is 9.92. The summed E-state index contributed by atoms with van der Waals surface area (Å²) in [6, 6.07) is 9.78. The Morgan fingerprint density at radius 2 is 1.90 bits per heavy atom. The second-order valence-corrected chi connectivity index (χ2v) is 10.9. The largest absolute Gasteiger partial charge is 0.419 e. The van der Waals surface area contributed by atoms with Crippen molar-refractivity contribution >= 4 is 22.4 Å². The van der Waals surface area contributed by atoms with Gasteiger partial charge < -0.3 is 15.5 Å². The number of anilines is 1. The Labute approximate surface area is 234 Å². The summed E-state index contributed by atoms with van der Waals surface area (Å²) in [4.78, 5) is 20.5. The van der Waals surface area contributed by atoms with Gasteiger partial charge in [0.1, 0.15) is 11.6 Å². The Morgan fingerprint density at radius 1 is 1.10 bits per heavy atom. The van der Waals surface area contributed by atoms with Gasteiger partial charge in [-0.2, -0.15) is 13.2 Å². The minimum Gasteiger partial charge on any atom is -0.345 e. The molecule has 0 radical (unpaired) electrons. The second-order valence-electron chi connectivity index (χ2n) is 10.9. The van der Waals surface area contributed by atoms with Gasteiger partial charge in [-0.3, -0.25) is 14.8 Å². The zero-order chi connectivity index (χ0) is 28.8. The van der Waals surface area contributed by atoms with Crippen LogP contribution in [-0.4, -0.2) is 46.0 Å². The van der Waals surface area contributed by atoms with E-state index in [9.17, 15) is 22.4 Å². The number of piperidine rings is 1. The Hall–Kier alpha value is -3.96. The number of hydrogen-bond acceptors (Lipinski definition) is 6. The van der Waals surface area contributed by atoms with Crippen molar-refractivity contribution in [3.05, 3.63) is 95.5 Å². The summed E-state index contributed by atoms with van der Waals surface area (Å²) in [7, 11) is 0. The number of carbonyl (C=O) groups excluding carboxylic acids is 1. The number of fused-ring (bicyclic) bond motifs is 2. The van der Waals surface area contributed by atoms with E-state index in [2.05, 4.69) is 25.9 Å². The minimum atomic E-state index is -4.79. The molecule has 41 heavy (non-hydrogen) atoms. The fourth-order valence-electron chi connectivity index (χ4n) is 5.81. The molecule has 3 aliphatic heterocycles. The van der Waals surface area contributed by atoms with Gasteiger partial charge in [0.05, 0.1) is 11.6 Å². The number of alkyl halides is 3. The van der Waals surface area contributed by atoms with Crippen molar-refractivity contribution in [2.75, 3.05) is 25.0 Å². The van der Waals surface area contributed by atoms with Crippen LogP contribution in [-0.2, 0) is 11.0 Å². The van der Waals surface area contributed by atoms with Gasteiger partial charge in [-0.05, 0) is 86.3 Å². The number of halogens is 4. The molecule has 6 rings (SSSR count). The molecule has 2 aromatic carbocycles. The highest BCUT2D eigenvalue weighted by atomic mass is 19.4. The molecule has 0 saturated carbocycles. The highest BCUT2D eigenvalue weighted by molar-refractivity contribution is 6.01. The lowest BCUT2D eigenvalue weighted by molar-refractivity contribution is -0.140. The van der Waals surface area contributed by atoms with Crippen LogP contribution in [0.2, 0.25) is 0 Å². The van der Waals surface area contributed by atoms with Crippen molar-refractivity contribution in [2.24, 2.45) is 0 Å². The predicted octanol–water partition coefficient (Wildman–Crippen LogP) is 5.47. The van der Waals surface area contributed by atoms with Gasteiger partial charge in [0.2, 0.25) is 0 Å².